The average molecular weight is 421 g/mol. The van der Waals surface area contributed by atoms with E-state index in [1.165, 1.54) is 38.5 Å². The van der Waals surface area contributed by atoms with Gasteiger partial charge in [-0.15, -0.1) is 0 Å². The number of carbonyl (C=O) groups is 1. The molecule has 2 aromatic rings. The Balaban J connectivity index is 1.58. The van der Waals surface area contributed by atoms with Crippen molar-refractivity contribution in [2.24, 2.45) is 0 Å². The first-order valence-electron chi connectivity index (χ1n) is 9.76. The highest BCUT2D eigenvalue weighted by atomic mass is 79.9. The number of hydrogen-bond acceptors (Lipinski definition) is 4. The van der Waals surface area contributed by atoms with Crippen LogP contribution in [0.4, 0.5) is 0 Å². The summed E-state index contributed by atoms with van der Waals surface area (Å²) in [5.41, 5.74) is 0.392. The SMILES string of the molecule is O=C(c1cc(-c2cc(Br)co2)on1)N(C1CCCCC1)C1CCCCC1. The highest BCUT2D eigenvalue weighted by molar-refractivity contribution is 9.10. The summed E-state index contributed by atoms with van der Waals surface area (Å²) in [5.74, 6) is 1.08. The van der Waals surface area contributed by atoms with E-state index in [-0.39, 0.29) is 5.91 Å². The molecule has 0 unspecified atom stereocenters. The Bertz CT molecular complexity index is 724. The standard InChI is InChI=1S/C20H25BrN2O3/c21-14-11-18(25-13-14)19-12-17(22-26-19)20(24)23(15-7-3-1-4-8-15)16-9-5-2-6-10-16/h11-13,15-16H,1-10H2. The van der Waals surface area contributed by atoms with Gasteiger partial charge in [-0.3, -0.25) is 4.79 Å². The number of furan rings is 1. The van der Waals surface area contributed by atoms with Crippen LogP contribution in [0.1, 0.15) is 74.7 Å². The topological polar surface area (TPSA) is 59.5 Å². The van der Waals surface area contributed by atoms with Crippen LogP contribution >= 0.6 is 15.9 Å². The number of nitrogens with zero attached hydrogens (tertiary/aromatic N) is 2. The maximum absolute atomic E-state index is 13.4. The molecule has 2 heterocycles. The quantitative estimate of drug-likeness (QED) is 0.626. The second-order valence-electron chi connectivity index (χ2n) is 7.50. The Morgan fingerprint density at radius 3 is 2.12 bits per heavy atom. The van der Waals surface area contributed by atoms with E-state index in [4.69, 9.17) is 8.94 Å². The largest absolute Gasteiger partial charge is 0.460 e. The average Bonchev–Trinajstić information content (AvgIpc) is 3.33. The summed E-state index contributed by atoms with van der Waals surface area (Å²) >= 11 is 3.36. The van der Waals surface area contributed by atoms with Gasteiger partial charge in [0, 0.05) is 24.2 Å². The van der Waals surface area contributed by atoms with Crippen molar-refractivity contribution < 1.29 is 13.7 Å². The maximum atomic E-state index is 13.4. The van der Waals surface area contributed by atoms with Gasteiger partial charge in [0.15, 0.2) is 11.5 Å². The van der Waals surface area contributed by atoms with Crippen molar-refractivity contribution in [3.8, 4) is 11.5 Å². The van der Waals surface area contributed by atoms with Crippen molar-refractivity contribution in [3.05, 3.63) is 28.6 Å². The van der Waals surface area contributed by atoms with E-state index in [9.17, 15) is 4.79 Å². The summed E-state index contributed by atoms with van der Waals surface area (Å²) in [5, 5.41) is 4.07. The Kier molecular flexibility index (Phi) is 5.48. The van der Waals surface area contributed by atoms with Crippen LogP contribution in [0, 0.1) is 0 Å². The molecule has 0 aromatic carbocycles. The van der Waals surface area contributed by atoms with Crippen LogP contribution in [-0.4, -0.2) is 28.0 Å². The van der Waals surface area contributed by atoms with Gasteiger partial charge in [-0.2, -0.15) is 0 Å². The van der Waals surface area contributed by atoms with E-state index in [1.54, 1.807) is 12.3 Å². The molecule has 0 aliphatic heterocycles. The van der Waals surface area contributed by atoms with Gasteiger partial charge < -0.3 is 13.8 Å². The lowest BCUT2D eigenvalue weighted by Gasteiger charge is -2.41. The van der Waals surface area contributed by atoms with Crippen molar-refractivity contribution in [1.29, 1.82) is 0 Å². The first kappa shape index (κ1) is 17.8. The van der Waals surface area contributed by atoms with Crippen LogP contribution in [0.3, 0.4) is 0 Å². The van der Waals surface area contributed by atoms with E-state index in [0.29, 0.717) is 29.3 Å². The number of rotatable bonds is 4. The fourth-order valence-corrected chi connectivity index (χ4v) is 4.72. The summed E-state index contributed by atoms with van der Waals surface area (Å²) in [7, 11) is 0. The molecule has 140 valence electrons. The van der Waals surface area contributed by atoms with Gasteiger partial charge in [0.2, 0.25) is 5.76 Å². The predicted octanol–water partition coefficient (Wildman–Crippen LogP) is 5.80. The highest BCUT2D eigenvalue weighted by Crippen LogP contribution is 2.32. The molecule has 1 amide bonds. The number of aromatic nitrogens is 1. The Hall–Kier alpha value is -1.56. The molecule has 26 heavy (non-hydrogen) atoms. The minimum absolute atomic E-state index is 0.0180. The Labute approximate surface area is 162 Å². The Morgan fingerprint density at radius 1 is 0.962 bits per heavy atom. The minimum Gasteiger partial charge on any atom is -0.460 e. The lowest BCUT2D eigenvalue weighted by molar-refractivity contribution is 0.0438. The van der Waals surface area contributed by atoms with Crippen LogP contribution in [0.15, 0.2) is 31.8 Å². The van der Waals surface area contributed by atoms with Crippen LogP contribution in [0.2, 0.25) is 0 Å². The monoisotopic (exact) mass is 420 g/mol. The minimum atomic E-state index is 0.0180. The summed E-state index contributed by atoms with van der Waals surface area (Å²) < 4.78 is 11.7. The molecule has 0 atom stereocenters. The van der Waals surface area contributed by atoms with Crippen molar-refractivity contribution >= 4 is 21.8 Å². The van der Waals surface area contributed by atoms with Gasteiger partial charge in [-0.05, 0) is 41.6 Å². The molecule has 0 bridgehead atoms. The zero-order valence-corrected chi connectivity index (χ0v) is 16.5. The molecule has 6 heteroatoms. The third-order valence-corrected chi connectivity index (χ3v) is 6.13. The molecular weight excluding hydrogens is 396 g/mol. The number of amides is 1. The van der Waals surface area contributed by atoms with Crippen molar-refractivity contribution in [2.75, 3.05) is 0 Å². The normalized spacial score (nSPS) is 19.6. The van der Waals surface area contributed by atoms with E-state index in [1.807, 2.05) is 6.07 Å². The second kappa shape index (κ2) is 7.99. The first-order chi connectivity index (χ1) is 12.7. The van der Waals surface area contributed by atoms with Crippen LogP contribution < -0.4 is 0 Å². The van der Waals surface area contributed by atoms with Crippen molar-refractivity contribution in [1.82, 2.24) is 10.1 Å². The molecule has 0 saturated heterocycles. The van der Waals surface area contributed by atoms with E-state index < -0.39 is 0 Å². The zero-order valence-electron chi connectivity index (χ0n) is 15.0. The maximum Gasteiger partial charge on any atom is 0.276 e. The molecule has 5 nitrogen and oxygen atoms in total. The zero-order chi connectivity index (χ0) is 17.9. The molecule has 2 aliphatic rings. The first-order valence-corrected chi connectivity index (χ1v) is 10.6. The van der Waals surface area contributed by atoms with Gasteiger partial charge in [0.1, 0.15) is 6.26 Å². The number of hydrogen-bond donors (Lipinski definition) is 0. The van der Waals surface area contributed by atoms with Gasteiger partial charge in [-0.1, -0.05) is 43.7 Å². The molecule has 0 N–H and O–H groups in total. The summed E-state index contributed by atoms with van der Waals surface area (Å²) in [6, 6.07) is 4.22. The lowest BCUT2D eigenvalue weighted by Crippen LogP contribution is -2.48. The number of halogens is 1. The van der Waals surface area contributed by atoms with E-state index in [2.05, 4.69) is 26.0 Å². The third kappa shape index (κ3) is 3.75. The summed E-state index contributed by atoms with van der Waals surface area (Å²) in [6.45, 7) is 0. The molecule has 0 radical (unpaired) electrons. The van der Waals surface area contributed by atoms with E-state index >= 15 is 0 Å². The molecular formula is C20H25BrN2O3. The molecule has 0 spiro atoms. The summed E-state index contributed by atoms with van der Waals surface area (Å²) in [4.78, 5) is 15.5. The molecule has 2 saturated carbocycles. The fourth-order valence-electron chi connectivity index (χ4n) is 4.41. The molecule has 2 aromatic heterocycles. The van der Waals surface area contributed by atoms with Gasteiger partial charge in [0.05, 0.1) is 4.47 Å². The van der Waals surface area contributed by atoms with Crippen LogP contribution in [0.5, 0.6) is 0 Å². The smallest absolute Gasteiger partial charge is 0.276 e. The Morgan fingerprint density at radius 2 is 1.58 bits per heavy atom. The summed E-state index contributed by atoms with van der Waals surface area (Å²) in [6.07, 6.45) is 13.5. The molecule has 4 rings (SSSR count). The van der Waals surface area contributed by atoms with Crippen molar-refractivity contribution in [2.45, 2.75) is 76.3 Å². The second-order valence-corrected chi connectivity index (χ2v) is 8.42. The molecule has 2 fully saturated rings. The highest BCUT2D eigenvalue weighted by Gasteiger charge is 2.34. The lowest BCUT2D eigenvalue weighted by atomic mass is 9.88. The van der Waals surface area contributed by atoms with Gasteiger partial charge in [0.25, 0.3) is 5.91 Å². The van der Waals surface area contributed by atoms with Crippen LogP contribution in [0.25, 0.3) is 11.5 Å². The fraction of sp³-hybridized carbons (Fsp3) is 0.600. The number of carbonyl (C=O) groups excluding carboxylic acids is 1. The van der Waals surface area contributed by atoms with Gasteiger partial charge in [-0.25, -0.2) is 0 Å². The van der Waals surface area contributed by atoms with Gasteiger partial charge >= 0.3 is 0 Å². The van der Waals surface area contributed by atoms with Crippen LogP contribution in [-0.2, 0) is 0 Å². The van der Waals surface area contributed by atoms with E-state index in [0.717, 1.165) is 30.2 Å². The predicted molar refractivity (Wildman–Crippen MR) is 102 cm³/mol. The molecule has 2 aliphatic carbocycles. The van der Waals surface area contributed by atoms with Crippen molar-refractivity contribution in [3.63, 3.8) is 0 Å². The third-order valence-electron chi connectivity index (χ3n) is 5.71.